The van der Waals surface area contributed by atoms with E-state index in [-0.39, 0.29) is 57.0 Å². The summed E-state index contributed by atoms with van der Waals surface area (Å²) in [4.78, 5) is 137. The predicted molar refractivity (Wildman–Crippen MR) is 282 cm³/mol. The van der Waals surface area contributed by atoms with E-state index in [2.05, 4.69) is 42.5 Å². The lowest BCUT2D eigenvalue weighted by atomic mass is 9.96. The number of rotatable bonds is 36. The number of hydrogen-bond acceptors (Lipinski definition) is 17. The quantitative estimate of drug-likeness (QED) is 0.0265. The Kier molecular flexibility index (Phi) is 31.6. The predicted octanol–water partition coefficient (Wildman–Crippen LogP) is -4.20. The Labute approximate surface area is 451 Å². The van der Waals surface area contributed by atoms with Crippen LogP contribution in [-0.4, -0.2) is 195 Å². The summed E-state index contributed by atoms with van der Waals surface area (Å²) in [5.41, 5.74) is 17.0. The van der Waals surface area contributed by atoms with Gasteiger partial charge >= 0.3 is 5.97 Å². The molecule has 1 aliphatic heterocycles. The molecule has 1 fully saturated rings. The van der Waals surface area contributed by atoms with E-state index in [4.69, 9.17) is 17.2 Å². The summed E-state index contributed by atoms with van der Waals surface area (Å²) in [5.74, 6) is -10.1. The lowest BCUT2D eigenvalue weighted by molar-refractivity contribution is -0.144. The van der Waals surface area contributed by atoms with Crippen LogP contribution in [0.3, 0.4) is 0 Å². The summed E-state index contributed by atoms with van der Waals surface area (Å²) in [5, 5.41) is 70.4. The number of amides is 9. The van der Waals surface area contributed by atoms with Crippen LogP contribution < -0.4 is 59.7 Å². The van der Waals surface area contributed by atoms with Crippen molar-refractivity contribution in [3.8, 4) is 0 Å². The number of nitrogens with one attached hydrogen (secondary N) is 8. The fourth-order valence-electron chi connectivity index (χ4n) is 8.42. The molecule has 0 radical (unpaired) electrons. The van der Waals surface area contributed by atoms with Gasteiger partial charge in [0.2, 0.25) is 53.2 Å². The van der Waals surface area contributed by atoms with Crippen molar-refractivity contribution in [2.75, 3.05) is 26.2 Å². The van der Waals surface area contributed by atoms with Gasteiger partial charge in [0, 0.05) is 6.54 Å². The summed E-state index contributed by atoms with van der Waals surface area (Å²) >= 11 is 0. The van der Waals surface area contributed by atoms with Crippen molar-refractivity contribution in [1.29, 1.82) is 0 Å². The zero-order valence-corrected chi connectivity index (χ0v) is 46.3. The first kappa shape index (κ1) is 69.4. The second-order valence-corrected chi connectivity index (χ2v) is 20.9. The van der Waals surface area contributed by atoms with Crippen molar-refractivity contribution in [3.05, 3.63) is 0 Å². The largest absolute Gasteiger partial charge is 0.480 e. The number of aliphatic hydroxyl groups is 4. The number of carbonyl (C=O) groups is 10. The Balaban J connectivity index is 3.43. The van der Waals surface area contributed by atoms with Gasteiger partial charge in [-0.2, -0.15) is 0 Å². The third-order valence-corrected chi connectivity index (χ3v) is 13.2. The molecular formula is C50H92N12O15. The number of unbranched alkanes of at least 4 members (excludes halogenated alkanes) is 2. The Bertz CT molecular complexity index is 1940. The Morgan fingerprint density at radius 3 is 1.44 bits per heavy atom. The van der Waals surface area contributed by atoms with Crippen molar-refractivity contribution in [1.82, 2.24) is 47.4 Å². The van der Waals surface area contributed by atoms with Crippen LogP contribution in [0.15, 0.2) is 0 Å². The summed E-state index contributed by atoms with van der Waals surface area (Å²) in [6, 6.07) is -14.0. The molecule has 1 aliphatic rings. The maximum atomic E-state index is 14.4. The fourth-order valence-corrected chi connectivity index (χ4v) is 8.42. The standard InChI is InChI=1S/C50H92N12O15/c1-10-27(6)38(59-43(69)35(24-63)58-48(74)40(30(9)66)61-45(71)37(53)28(7)64)46(72)56-33(22-25(2)3)42(68)54-31(16-11-13-19-51)41(67)57-34(23-26(4)5)49(75)62-21-15-18-36(62)44(70)60-39(29(8)65)47(73)55-32(50(76)77)17-12-14-20-52/h25-40,63-66H,10-24,51-53H2,1-9H3,(H,54,68)(H,55,73)(H,56,72)(H,57,67)(H,58,74)(H,59,69)(H,60,70)(H,61,71)(H,76,77)/t27-,28+,29+,30+,31-,32-,33-,34-,35-,36-,37-,38-,39-,40-/m0/s1. The first-order valence-electron chi connectivity index (χ1n) is 26.8. The molecule has 19 N–H and O–H groups in total. The minimum absolute atomic E-state index is 0.0513. The van der Waals surface area contributed by atoms with Gasteiger partial charge in [-0.3, -0.25) is 43.2 Å². The number of aliphatic hydroxyl groups excluding tert-OH is 4. The zero-order chi connectivity index (χ0) is 58.9. The number of nitrogens with two attached hydrogens (primary N) is 3. The van der Waals surface area contributed by atoms with Crippen LogP contribution in [0.25, 0.3) is 0 Å². The first-order valence-corrected chi connectivity index (χ1v) is 26.8. The minimum Gasteiger partial charge on any atom is -0.480 e. The number of likely N-dealkylation sites (tertiary alicyclic amines) is 1. The topological polar surface area (TPSA) is 449 Å². The smallest absolute Gasteiger partial charge is 0.326 e. The average Bonchev–Trinajstić information content (AvgIpc) is 3.85. The van der Waals surface area contributed by atoms with Crippen molar-refractivity contribution >= 4 is 59.1 Å². The van der Waals surface area contributed by atoms with Gasteiger partial charge in [0.25, 0.3) is 0 Å². The van der Waals surface area contributed by atoms with E-state index in [0.717, 1.165) is 0 Å². The second-order valence-electron chi connectivity index (χ2n) is 20.9. The minimum atomic E-state index is -1.70. The molecule has 9 amide bonds. The lowest BCUT2D eigenvalue weighted by Gasteiger charge is -2.32. The molecule has 77 heavy (non-hydrogen) atoms. The first-order chi connectivity index (χ1) is 36.1. The van der Waals surface area contributed by atoms with Crippen molar-refractivity contribution in [2.24, 2.45) is 35.0 Å². The maximum absolute atomic E-state index is 14.4. The summed E-state index contributed by atoms with van der Waals surface area (Å²) < 4.78 is 0. The highest BCUT2D eigenvalue weighted by Gasteiger charge is 2.42. The average molecular weight is 1100 g/mol. The van der Waals surface area contributed by atoms with Gasteiger partial charge in [-0.05, 0) is 116 Å². The number of aliphatic carboxylic acids is 1. The molecule has 14 atom stereocenters. The highest BCUT2D eigenvalue weighted by Crippen LogP contribution is 2.22. The van der Waals surface area contributed by atoms with Gasteiger partial charge in [-0.1, -0.05) is 48.0 Å². The van der Waals surface area contributed by atoms with Crippen molar-refractivity contribution in [2.45, 2.75) is 212 Å². The van der Waals surface area contributed by atoms with Crippen molar-refractivity contribution in [3.63, 3.8) is 0 Å². The van der Waals surface area contributed by atoms with E-state index >= 15 is 0 Å². The van der Waals surface area contributed by atoms with Crippen molar-refractivity contribution < 1.29 is 73.5 Å². The van der Waals surface area contributed by atoms with E-state index in [1.165, 1.54) is 25.7 Å². The molecule has 27 heteroatoms. The Hall–Kier alpha value is -5.58. The van der Waals surface area contributed by atoms with E-state index < -0.39 is 150 Å². The van der Waals surface area contributed by atoms with E-state index in [9.17, 15) is 73.5 Å². The molecule has 0 saturated carbocycles. The number of hydrogen-bond donors (Lipinski definition) is 16. The van der Waals surface area contributed by atoms with Crippen LogP contribution in [0.1, 0.15) is 133 Å². The third kappa shape index (κ3) is 23.5. The van der Waals surface area contributed by atoms with Crippen LogP contribution in [0.4, 0.5) is 0 Å². The SMILES string of the molecule is CC[C@H](C)[C@H](NC(=O)[C@H](CO)NC(=O)[C@@H](NC(=O)[C@@H](N)[C@@H](C)O)[C@@H](C)O)C(=O)N[C@@H](CC(C)C)C(=O)N[C@@H](CCCCN)C(=O)N[C@@H](CC(C)C)C(=O)N1CCC[C@H]1C(=O)N[C@H](C(=O)N[C@@H](CCCCN)C(=O)O)[C@@H](C)O. The summed E-state index contributed by atoms with van der Waals surface area (Å²) in [6.45, 7) is 13.9. The van der Waals surface area contributed by atoms with Gasteiger partial charge in [-0.15, -0.1) is 0 Å². The number of carboxylic acid groups (broad SMARTS) is 1. The van der Waals surface area contributed by atoms with Gasteiger partial charge in [0.1, 0.15) is 60.4 Å². The maximum Gasteiger partial charge on any atom is 0.326 e. The molecule has 1 rings (SSSR count). The van der Waals surface area contributed by atoms with Crippen LogP contribution in [0.5, 0.6) is 0 Å². The molecule has 0 bridgehead atoms. The number of nitrogens with zero attached hydrogens (tertiary/aromatic N) is 1. The summed E-state index contributed by atoms with van der Waals surface area (Å²) in [7, 11) is 0. The molecule has 0 aliphatic carbocycles. The molecule has 0 aromatic heterocycles. The molecular weight excluding hydrogens is 1010 g/mol. The lowest BCUT2D eigenvalue weighted by Crippen LogP contribution is -2.63. The zero-order valence-electron chi connectivity index (χ0n) is 46.3. The van der Waals surface area contributed by atoms with Crippen LogP contribution in [-0.2, 0) is 47.9 Å². The number of carboxylic acids is 1. The Morgan fingerprint density at radius 2 is 0.961 bits per heavy atom. The van der Waals surface area contributed by atoms with Gasteiger partial charge in [0.05, 0.1) is 24.9 Å². The number of carbonyl (C=O) groups excluding carboxylic acids is 9. The molecule has 0 aromatic carbocycles. The molecule has 27 nitrogen and oxygen atoms in total. The highest BCUT2D eigenvalue weighted by molar-refractivity contribution is 5.99. The summed E-state index contributed by atoms with van der Waals surface area (Å²) in [6.07, 6.45) is -1.45. The van der Waals surface area contributed by atoms with Crippen LogP contribution in [0, 0.1) is 17.8 Å². The normalized spacial score (nSPS) is 18.6. The second kappa shape index (κ2) is 35.0. The van der Waals surface area contributed by atoms with Crippen LogP contribution >= 0.6 is 0 Å². The van der Waals surface area contributed by atoms with E-state index in [0.29, 0.717) is 45.1 Å². The van der Waals surface area contributed by atoms with E-state index in [1.54, 1.807) is 27.7 Å². The van der Waals surface area contributed by atoms with Gasteiger partial charge in [-0.25, -0.2) is 4.79 Å². The molecule has 0 unspecified atom stereocenters. The molecule has 0 aromatic rings. The van der Waals surface area contributed by atoms with E-state index in [1.807, 2.05) is 13.8 Å². The van der Waals surface area contributed by atoms with Gasteiger partial charge in [0.15, 0.2) is 0 Å². The monoisotopic (exact) mass is 1100 g/mol. The highest BCUT2D eigenvalue weighted by atomic mass is 16.4. The van der Waals surface area contributed by atoms with Crippen LogP contribution in [0.2, 0.25) is 0 Å². The molecule has 442 valence electrons. The molecule has 1 heterocycles. The molecule has 1 saturated heterocycles. The van der Waals surface area contributed by atoms with Gasteiger partial charge < -0.3 is 90.2 Å². The third-order valence-electron chi connectivity index (χ3n) is 13.2. The Morgan fingerprint density at radius 1 is 0.532 bits per heavy atom. The molecule has 0 spiro atoms. The fraction of sp³-hybridized carbons (Fsp3) is 0.800.